The first-order valence-corrected chi connectivity index (χ1v) is 5.42. The average molecular weight is 257 g/mol. The minimum Gasteiger partial charge on any atom is -0.207 e. The summed E-state index contributed by atoms with van der Waals surface area (Å²) in [6.07, 6.45) is 0. The molecule has 0 bridgehead atoms. The standard InChI is InChI=1S/C6H3ClF6S/c7-5-3-4(8)1-2-6(5)14(9,10,11,12)13/h1-3H. The predicted octanol–water partition coefficient (Wildman–Crippen LogP) is 5.14. The molecule has 8 heteroatoms. The van der Waals surface area contributed by atoms with Crippen LogP contribution in [0.4, 0.5) is 23.8 Å². The van der Waals surface area contributed by atoms with Crippen molar-refractivity contribution in [3.05, 3.63) is 29.0 Å². The molecular formula is C6H3ClF6S. The van der Waals surface area contributed by atoms with E-state index in [1.165, 1.54) is 0 Å². The summed E-state index contributed by atoms with van der Waals surface area (Å²) >= 11 is 4.88. The van der Waals surface area contributed by atoms with Gasteiger partial charge in [0.15, 0.2) is 0 Å². The largest absolute Gasteiger partial charge is 0.311 e. The van der Waals surface area contributed by atoms with Crippen LogP contribution in [0.3, 0.4) is 0 Å². The van der Waals surface area contributed by atoms with Gasteiger partial charge in [0.1, 0.15) is 10.7 Å². The first-order valence-electron chi connectivity index (χ1n) is 3.09. The third-order valence-electron chi connectivity index (χ3n) is 1.31. The lowest BCUT2D eigenvalue weighted by Gasteiger charge is -2.40. The molecule has 0 aromatic heterocycles. The number of benzene rings is 1. The van der Waals surface area contributed by atoms with E-state index in [-0.39, 0.29) is 18.2 Å². The normalized spacial score (nSPS) is 17.4. The van der Waals surface area contributed by atoms with Crippen LogP contribution in [0, 0.1) is 5.82 Å². The van der Waals surface area contributed by atoms with Gasteiger partial charge in [-0.05, 0) is 18.2 Å². The van der Waals surface area contributed by atoms with Crippen LogP contribution in [0.25, 0.3) is 0 Å². The fourth-order valence-corrected chi connectivity index (χ4v) is 2.15. The molecule has 1 aromatic rings. The second-order valence-electron chi connectivity index (χ2n) is 2.54. The first-order chi connectivity index (χ1) is 5.90. The summed E-state index contributed by atoms with van der Waals surface area (Å²) in [6, 6.07) is 0.396. The van der Waals surface area contributed by atoms with Crippen LogP contribution in [-0.2, 0) is 0 Å². The van der Waals surface area contributed by atoms with Crippen molar-refractivity contribution in [3.63, 3.8) is 0 Å². The molecule has 0 saturated heterocycles. The van der Waals surface area contributed by atoms with Gasteiger partial charge in [-0.2, -0.15) is 0 Å². The van der Waals surface area contributed by atoms with Crippen molar-refractivity contribution >= 4 is 21.8 Å². The van der Waals surface area contributed by atoms with Crippen LogP contribution in [0.15, 0.2) is 23.1 Å². The predicted molar refractivity (Wildman–Crippen MR) is 42.8 cm³/mol. The summed E-state index contributed by atoms with van der Waals surface area (Å²) in [4.78, 5) is -2.27. The van der Waals surface area contributed by atoms with Gasteiger partial charge in [-0.1, -0.05) is 31.0 Å². The molecule has 0 N–H and O–H groups in total. The molecule has 1 aromatic carbocycles. The Morgan fingerprint density at radius 1 is 1.00 bits per heavy atom. The van der Waals surface area contributed by atoms with Gasteiger partial charge in [0.25, 0.3) is 0 Å². The van der Waals surface area contributed by atoms with Crippen LogP contribution >= 0.6 is 21.8 Å². The summed E-state index contributed by atoms with van der Waals surface area (Å²) in [7, 11) is -9.80. The minimum atomic E-state index is -9.80. The highest BCUT2D eigenvalue weighted by molar-refractivity contribution is 8.45. The van der Waals surface area contributed by atoms with Crippen molar-refractivity contribution < 1.29 is 23.8 Å². The molecule has 1 rings (SSSR count). The van der Waals surface area contributed by atoms with Gasteiger partial charge >= 0.3 is 10.2 Å². The lowest BCUT2D eigenvalue weighted by atomic mass is 10.3. The quantitative estimate of drug-likeness (QED) is 0.611. The van der Waals surface area contributed by atoms with Crippen molar-refractivity contribution in [2.45, 2.75) is 4.90 Å². The highest BCUT2D eigenvalue weighted by Crippen LogP contribution is 3.02. The van der Waals surface area contributed by atoms with Crippen molar-refractivity contribution in [1.82, 2.24) is 0 Å². The Labute approximate surface area is 80.2 Å². The molecule has 0 spiro atoms. The maximum absolute atomic E-state index is 12.3. The molecule has 0 fully saturated rings. The van der Waals surface area contributed by atoms with Crippen molar-refractivity contribution in [2.24, 2.45) is 0 Å². The second-order valence-corrected chi connectivity index (χ2v) is 5.33. The molecule has 0 saturated carbocycles. The van der Waals surface area contributed by atoms with E-state index in [1.807, 2.05) is 0 Å². The van der Waals surface area contributed by atoms with Gasteiger partial charge in [-0.3, -0.25) is 0 Å². The van der Waals surface area contributed by atoms with E-state index >= 15 is 0 Å². The minimum absolute atomic E-state index is 0.0702. The molecule has 0 heterocycles. The molecule has 0 aliphatic heterocycles. The van der Waals surface area contributed by atoms with E-state index < -0.39 is 26.0 Å². The first kappa shape index (κ1) is 11.5. The summed E-state index contributed by atoms with van der Waals surface area (Å²) in [5, 5.41) is -1.34. The van der Waals surface area contributed by atoms with Crippen LogP contribution < -0.4 is 0 Å². The van der Waals surface area contributed by atoms with E-state index in [4.69, 9.17) is 11.6 Å². The summed E-state index contributed by atoms with van der Waals surface area (Å²) in [6.45, 7) is 0. The topological polar surface area (TPSA) is 0 Å². The SMILES string of the molecule is Fc1ccc(S(F)(F)(F)(F)F)c(Cl)c1. The molecule has 14 heavy (non-hydrogen) atoms. The summed E-state index contributed by atoms with van der Waals surface area (Å²) < 4.78 is 73.0. The highest BCUT2D eigenvalue weighted by atomic mass is 35.5. The van der Waals surface area contributed by atoms with Gasteiger partial charge in [0, 0.05) is 0 Å². The zero-order chi connectivity index (χ0) is 11.3. The van der Waals surface area contributed by atoms with Gasteiger partial charge in [-0.25, -0.2) is 4.39 Å². The van der Waals surface area contributed by atoms with Gasteiger partial charge in [0.05, 0.1) is 5.02 Å². The molecule has 0 atom stereocenters. The Morgan fingerprint density at radius 3 is 1.86 bits per heavy atom. The van der Waals surface area contributed by atoms with Crippen LogP contribution in [-0.4, -0.2) is 0 Å². The lowest BCUT2D eigenvalue weighted by Crippen LogP contribution is -2.06. The number of hydrogen-bond acceptors (Lipinski definition) is 0. The van der Waals surface area contributed by atoms with Crippen molar-refractivity contribution in [1.29, 1.82) is 0 Å². The summed E-state index contributed by atoms with van der Waals surface area (Å²) in [5.74, 6) is -1.11. The monoisotopic (exact) mass is 256 g/mol. The number of rotatable bonds is 1. The van der Waals surface area contributed by atoms with Crippen LogP contribution in [0.5, 0.6) is 0 Å². The zero-order valence-electron chi connectivity index (χ0n) is 6.29. The van der Waals surface area contributed by atoms with Gasteiger partial charge < -0.3 is 0 Å². The lowest BCUT2D eigenvalue weighted by molar-refractivity contribution is 0.364. The van der Waals surface area contributed by atoms with Gasteiger partial charge in [-0.15, -0.1) is 0 Å². The number of halogens is 7. The van der Waals surface area contributed by atoms with E-state index in [0.29, 0.717) is 0 Å². The van der Waals surface area contributed by atoms with Crippen LogP contribution in [0.1, 0.15) is 0 Å². The Hall–Kier alpha value is -0.560. The van der Waals surface area contributed by atoms with Crippen molar-refractivity contribution in [3.8, 4) is 0 Å². The Bertz CT molecular complexity index is 382. The Kier molecular flexibility index (Phi) is 1.92. The molecule has 0 aliphatic rings. The second kappa shape index (κ2) is 2.33. The van der Waals surface area contributed by atoms with E-state index in [9.17, 15) is 23.8 Å². The maximum Gasteiger partial charge on any atom is 0.311 e. The number of hydrogen-bond donors (Lipinski definition) is 0. The molecule has 0 aliphatic carbocycles. The molecule has 0 radical (unpaired) electrons. The third-order valence-corrected chi connectivity index (χ3v) is 2.92. The molecule has 0 amide bonds. The van der Waals surface area contributed by atoms with E-state index in [2.05, 4.69) is 0 Å². The molecular weight excluding hydrogens is 254 g/mol. The van der Waals surface area contributed by atoms with E-state index in [1.54, 1.807) is 0 Å². The maximum atomic E-state index is 12.3. The van der Waals surface area contributed by atoms with E-state index in [0.717, 1.165) is 0 Å². The highest BCUT2D eigenvalue weighted by Gasteiger charge is 2.66. The third kappa shape index (κ3) is 2.48. The van der Waals surface area contributed by atoms with Crippen molar-refractivity contribution in [2.75, 3.05) is 0 Å². The smallest absolute Gasteiger partial charge is 0.207 e. The average Bonchev–Trinajstić information content (AvgIpc) is 1.79. The fraction of sp³-hybridized carbons (Fsp3) is 0. The molecule has 0 nitrogen and oxygen atoms in total. The Balaban J connectivity index is 3.51. The molecule has 82 valence electrons. The van der Waals surface area contributed by atoms with Crippen LogP contribution in [0.2, 0.25) is 5.02 Å². The fourth-order valence-electron chi connectivity index (χ4n) is 0.788. The summed E-state index contributed by atoms with van der Waals surface area (Å²) in [5.41, 5.74) is 0. The molecule has 0 unspecified atom stereocenters. The Morgan fingerprint density at radius 2 is 1.50 bits per heavy atom. The van der Waals surface area contributed by atoms with Gasteiger partial charge in [0.2, 0.25) is 0 Å². The zero-order valence-corrected chi connectivity index (χ0v) is 7.86.